The van der Waals surface area contributed by atoms with E-state index in [1.54, 1.807) is 39.8 Å². The molecule has 0 radical (unpaired) electrons. The first kappa shape index (κ1) is 18.0. The molecule has 0 saturated heterocycles. The van der Waals surface area contributed by atoms with Crippen LogP contribution in [0, 0.1) is 13.8 Å². The van der Waals surface area contributed by atoms with Crippen molar-refractivity contribution in [2.75, 3.05) is 0 Å². The standard InChI is InChI=1S/C23H24O3/c1-14-15(2)22(25)20(19(21(14)24)11-12-23(3,4)26)18-10-9-16-7-5-6-8-17(16)13-18/h5-13,24-26H,1-4H3. The third-order valence-corrected chi connectivity index (χ3v) is 4.73. The molecule has 0 unspecified atom stereocenters. The number of phenolic OH excluding ortho intramolecular Hbond substituents is 2. The third-order valence-electron chi connectivity index (χ3n) is 4.73. The molecule has 0 aliphatic rings. The quantitative estimate of drug-likeness (QED) is 0.562. The Balaban J connectivity index is 2.32. The molecule has 3 heteroatoms. The van der Waals surface area contributed by atoms with Crippen LogP contribution < -0.4 is 0 Å². The largest absolute Gasteiger partial charge is 0.507 e. The summed E-state index contributed by atoms with van der Waals surface area (Å²) in [4.78, 5) is 0. The van der Waals surface area contributed by atoms with E-state index in [1.807, 2.05) is 42.5 Å². The van der Waals surface area contributed by atoms with Crippen LogP contribution in [0.5, 0.6) is 11.5 Å². The zero-order chi connectivity index (χ0) is 19.1. The Bertz CT molecular complexity index is 1010. The molecule has 3 N–H and O–H groups in total. The molecule has 0 fully saturated rings. The molecule has 134 valence electrons. The zero-order valence-corrected chi connectivity index (χ0v) is 15.5. The lowest BCUT2D eigenvalue weighted by Crippen LogP contribution is -2.13. The highest BCUT2D eigenvalue weighted by atomic mass is 16.3. The maximum Gasteiger partial charge on any atom is 0.127 e. The van der Waals surface area contributed by atoms with Gasteiger partial charge in [-0.1, -0.05) is 48.6 Å². The Kier molecular flexibility index (Phi) is 4.51. The number of aliphatic hydroxyl groups is 1. The number of benzene rings is 3. The highest BCUT2D eigenvalue weighted by Crippen LogP contribution is 2.44. The lowest BCUT2D eigenvalue weighted by Gasteiger charge is -2.18. The summed E-state index contributed by atoms with van der Waals surface area (Å²) in [5.41, 5.74) is 2.13. The van der Waals surface area contributed by atoms with E-state index in [0.29, 0.717) is 22.3 Å². The molecule has 0 aliphatic heterocycles. The number of hydrogen-bond donors (Lipinski definition) is 3. The van der Waals surface area contributed by atoms with Crippen LogP contribution in [0.25, 0.3) is 28.0 Å². The zero-order valence-electron chi connectivity index (χ0n) is 15.5. The van der Waals surface area contributed by atoms with Gasteiger partial charge >= 0.3 is 0 Å². The molecule has 3 aromatic rings. The Labute approximate surface area is 153 Å². The summed E-state index contributed by atoms with van der Waals surface area (Å²) < 4.78 is 0. The fraction of sp³-hybridized carbons (Fsp3) is 0.217. The van der Waals surface area contributed by atoms with E-state index in [9.17, 15) is 15.3 Å². The van der Waals surface area contributed by atoms with Crippen molar-refractivity contribution in [3.63, 3.8) is 0 Å². The minimum Gasteiger partial charge on any atom is -0.507 e. The van der Waals surface area contributed by atoms with Crippen LogP contribution in [0.15, 0.2) is 48.5 Å². The molecule has 0 spiro atoms. The number of aromatic hydroxyl groups is 2. The number of phenols is 2. The van der Waals surface area contributed by atoms with Crippen molar-refractivity contribution in [3.8, 4) is 22.6 Å². The first-order valence-electron chi connectivity index (χ1n) is 8.65. The van der Waals surface area contributed by atoms with E-state index >= 15 is 0 Å². The van der Waals surface area contributed by atoms with Gasteiger partial charge in [0.1, 0.15) is 11.5 Å². The van der Waals surface area contributed by atoms with Crippen LogP contribution in [0.2, 0.25) is 0 Å². The number of fused-ring (bicyclic) bond motifs is 1. The predicted molar refractivity (Wildman–Crippen MR) is 108 cm³/mol. The Morgan fingerprint density at radius 3 is 2.12 bits per heavy atom. The van der Waals surface area contributed by atoms with Crippen LogP contribution in [0.1, 0.15) is 30.5 Å². The average Bonchev–Trinajstić information content (AvgIpc) is 2.60. The van der Waals surface area contributed by atoms with Crippen molar-refractivity contribution < 1.29 is 15.3 Å². The lowest BCUT2D eigenvalue weighted by molar-refractivity contribution is 0.134. The molecule has 3 rings (SSSR count). The molecule has 0 saturated carbocycles. The highest BCUT2D eigenvalue weighted by Gasteiger charge is 2.20. The van der Waals surface area contributed by atoms with Gasteiger partial charge in [0, 0.05) is 11.1 Å². The molecule has 0 heterocycles. The van der Waals surface area contributed by atoms with Crippen LogP contribution in [0.4, 0.5) is 0 Å². The van der Waals surface area contributed by atoms with E-state index in [4.69, 9.17) is 0 Å². The second kappa shape index (κ2) is 6.50. The fourth-order valence-corrected chi connectivity index (χ4v) is 3.08. The second-order valence-corrected chi connectivity index (χ2v) is 7.28. The fourth-order valence-electron chi connectivity index (χ4n) is 3.08. The summed E-state index contributed by atoms with van der Waals surface area (Å²) >= 11 is 0. The number of hydrogen-bond acceptors (Lipinski definition) is 3. The normalized spacial score (nSPS) is 12.2. The summed E-state index contributed by atoms with van der Waals surface area (Å²) in [6.07, 6.45) is 3.28. The first-order valence-corrected chi connectivity index (χ1v) is 8.65. The summed E-state index contributed by atoms with van der Waals surface area (Å²) in [6, 6.07) is 13.9. The average molecular weight is 348 g/mol. The maximum atomic E-state index is 10.8. The maximum absolute atomic E-state index is 10.8. The van der Waals surface area contributed by atoms with Gasteiger partial charge < -0.3 is 15.3 Å². The van der Waals surface area contributed by atoms with Gasteiger partial charge in [0.05, 0.1) is 5.60 Å². The van der Waals surface area contributed by atoms with Crippen LogP contribution in [0.3, 0.4) is 0 Å². The molecule has 0 aliphatic carbocycles. The monoisotopic (exact) mass is 348 g/mol. The summed E-state index contributed by atoms with van der Waals surface area (Å²) in [5, 5.41) is 33.7. The highest BCUT2D eigenvalue weighted by molar-refractivity contribution is 5.92. The van der Waals surface area contributed by atoms with Crippen molar-refractivity contribution in [2.45, 2.75) is 33.3 Å². The summed E-state index contributed by atoms with van der Waals surface area (Å²) in [7, 11) is 0. The minimum atomic E-state index is -1.03. The van der Waals surface area contributed by atoms with Gasteiger partial charge in [0.15, 0.2) is 0 Å². The van der Waals surface area contributed by atoms with Crippen molar-refractivity contribution >= 4 is 16.8 Å². The Morgan fingerprint density at radius 2 is 1.46 bits per heavy atom. The summed E-state index contributed by atoms with van der Waals surface area (Å²) in [6.45, 7) is 6.89. The van der Waals surface area contributed by atoms with Gasteiger partial charge in [0.25, 0.3) is 0 Å². The SMILES string of the molecule is Cc1c(C)c(O)c(-c2ccc3ccccc3c2)c(C=CC(C)(C)O)c1O. The van der Waals surface area contributed by atoms with Crippen molar-refractivity contribution in [1.29, 1.82) is 0 Å². The molecule has 0 amide bonds. The van der Waals surface area contributed by atoms with Crippen LogP contribution >= 0.6 is 0 Å². The van der Waals surface area contributed by atoms with E-state index in [0.717, 1.165) is 16.3 Å². The van der Waals surface area contributed by atoms with Gasteiger partial charge in [-0.15, -0.1) is 0 Å². The van der Waals surface area contributed by atoms with Crippen molar-refractivity contribution in [1.82, 2.24) is 0 Å². The first-order chi connectivity index (χ1) is 12.2. The lowest BCUT2D eigenvalue weighted by atomic mass is 9.90. The van der Waals surface area contributed by atoms with E-state index < -0.39 is 5.60 Å². The molecular weight excluding hydrogens is 324 g/mol. The van der Waals surface area contributed by atoms with Crippen LogP contribution in [-0.2, 0) is 0 Å². The van der Waals surface area contributed by atoms with Gasteiger partial charge in [-0.05, 0) is 61.2 Å². The second-order valence-electron chi connectivity index (χ2n) is 7.28. The van der Waals surface area contributed by atoms with Gasteiger partial charge in [-0.25, -0.2) is 0 Å². The predicted octanol–water partition coefficient (Wildman–Crippen LogP) is 5.32. The van der Waals surface area contributed by atoms with E-state index in [2.05, 4.69) is 0 Å². The number of rotatable bonds is 3. The minimum absolute atomic E-state index is 0.115. The molecule has 26 heavy (non-hydrogen) atoms. The Morgan fingerprint density at radius 1 is 0.846 bits per heavy atom. The van der Waals surface area contributed by atoms with E-state index in [1.165, 1.54) is 0 Å². The third kappa shape index (κ3) is 3.31. The molecule has 0 aromatic heterocycles. The van der Waals surface area contributed by atoms with Gasteiger partial charge in [-0.3, -0.25) is 0 Å². The van der Waals surface area contributed by atoms with Crippen LogP contribution in [-0.4, -0.2) is 20.9 Å². The topological polar surface area (TPSA) is 60.7 Å². The van der Waals surface area contributed by atoms with Gasteiger partial charge in [-0.2, -0.15) is 0 Å². The van der Waals surface area contributed by atoms with Crippen molar-refractivity contribution in [2.24, 2.45) is 0 Å². The molecule has 3 nitrogen and oxygen atoms in total. The van der Waals surface area contributed by atoms with E-state index in [-0.39, 0.29) is 11.5 Å². The smallest absolute Gasteiger partial charge is 0.127 e. The Hall–Kier alpha value is -2.78. The molecule has 3 aromatic carbocycles. The molecular formula is C23H24O3. The molecule has 0 atom stereocenters. The van der Waals surface area contributed by atoms with Crippen molar-refractivity contribution in [3.05, 3.63) is 65.2 Å². The van der Waals surface area contributed by atoms with Gasteiger partial charge in [0.2, 0.25) is 0 Å². The molecule has 0 bridgehead atoms. The summed E-state index contributed by atoms with van der Waals surface area (Å²) in [5.74, 6) is 0.259.